The molecule has 35 heavy (non-hydrogen) atoms. The summed E-state index contributed by atoms with van der Waals surface area (Å²) in [6.07, 6.45) is 4.32. The number of benzene rings is 3. The quantitative estimate of drug-likeness (QED) is 0.476. The van der Waals surface area contributed by atoms with Crippen LogP contribution in [0.4, 0.5) is 11.4 Å². The number of hydrogen-bond acceptors (Lipinski definition) is 3. The van der Waals surface area contributed by atoms with Crippen molar-refractivity contribution in [3.8, 4) is 0 Å². The second kappa shape index (κ2) is 10.3. The molecule has 0 spiro atoms. The number of carbonyl (C=O) groups excluding carboxylic acids is 2. The van der Waals surface area contributed by atoms with Crippen LogP contribution in [0.1, 0.15) is 60.0 Å². The van der Waals surface area contributed by atoms with E-state index in [0.717, 1.165) is 55.6 Å². The summed E-state index contributed by atoms with van der Waals surface area (Å²) in [5, 5.41) is 6.24. The number of anilines is 2. The minimum atomic E-state index is -0.440. The number of carbonyl (C=O) groups is 2. The highest BCUT2D eigenvalue weighted by Gasteiger charge is 2.28. The first-order valence-electron chi connectivity index (χ1n) is 12.7. The Kier molecular flexibility index (Phi) is 6.84. The lowest BCUT2D eigenvalue weighted by atomic mass is 9.90. The first kappa shape index (κ1) is 23.2. The van der Waals surface area contributed by atoms with Crippen molar-refractivity contribution in [1.29, 1.82) is 0 Å². The predicted molar refractivity (Wildman–Crippen MR) is 141 cm³/mol. The average molecular weight is 468 g/mol. The van der Waals surface area contributed by atoms with Crippen LogP contribution in [0.15, 0.2) is 78.9 Å². The van der Waals surface area contributed by atoms with E-state index in [4.69, 9.17) is 0 Å². The smallest absolute Gasteiger partial charge is 0.253 e. The van der Waals surface area contributed by atoms with E-state index in [1.807, 2.05) is 78.9 Å². The Morgan fingerprint density at radius 2 is 1.43 bits per heavy atom. The molecule has 0 bridgehead atoms. The van der Waals surface area contributed by atoms with Gasteiger partial charge in [0.2, 0.25) is 5.91 Å². The Hall–Kier alpha value is -3.60. The number of amides is 2. The Morgan fingerprint density at radius 3 is 2.00 bits per heavy atom. The van der Waals surface area contributed by atoms with Crippen molar-refractivity contribution >= 4 is 23.2 Å². The van der Waals surface area contributed by atoms with Gasteiger partial charge in [0.25, 0.3) is 5.91 Å². The van der Waals surface area contributed by atoms with Crippen LogP contribution in [0.5, 0.6) is 0 Å². The van der Waals surface area contributed by atoms with Gasteiger partial charge in [0.05, 0.1) is 11.5 Å². The first-order valence-corrected chi connectivity index (χ1v) is 12.7. The standard InChI is InChI=1S/C30H33N3O2/c1-21-16-18-33(19-17-21)27-15-14-25(20-26(27)29(34)31-24-12-13-24)32-30(35)28(22-8-4-2-5-9-22)23-10-6-3-7-11-23/h2-11,14-15,20-21,24,28H,12-13,16-19H2,1H3,(H,31,34)(H,32,35). The van der Waals surface area contributed by atoms with Gasteiger partial charge in [-0.15, -0.1) is 0 Å². The molecule has 1 heterocycles. The summed E-state index contributed by atoms with van der Waals surface area (Å²) in [6.45, 7) is 4.17. The minimum Gasteiger partial charge on any atom is -0.371 e. The summed E-state index contributed by atoms with van der Waals surface area (Å²) in [6, 6.07) is 25.7. The van der Waals surface area contributed by atoms with Gasteiger partial charge in [0.1, 0.15) is 0 Å². The molecule has 3 aromatic rings. The topological polar surface area (TPSA) is 61.4 Å². The van der Waals surface area contributed by atoms with E-state index in [9.17, 15) is 9.59 Å². The molecule has 1 aliphatic heterocycles. The van der Waals surface area contributed by atoms with E-state index in [0.29, 0.717) is 17.2 Å². The van der Waals surface area contributed by atoms with Gasteiger partial charge >= 0.3 is 0 Å². The van der Waals surface area contributed by atoms with Crippen molar-refractivity contribution in [3.05, 3.63) is 95.6 Å². The highest BCUT2D eigenvalue weighted by atomic mass is 16.2. The summed E-state index contributed by atoms with van der Waals surface area (Å²) >= 11 is 0. The lowest BCUT2D eigenvalue weighted by Gasteiger charge is -2.33. The molecule has 1 saturated heterocycles. The highest BCUT2D eigenvalue weighted by molar-refractivity contribution is 6.03. The summed E-state index contributed by atoms with van der Waals surface area (Å²) in [5.74, 6) is 0.0984. The van der Waals surface area contributed by atoms with Crippen LogP contribution in [-0.2, 0) is 4.79 Å². The lowest BCUT2D eigenvalue weighted by Crippen LogP contribution is -2.35. The molecule has 1 saturated carbocycles. The molecule has 0 atom stereocenters. The normalized spacial score (nSPS) is 16.2. The van der Waals surface area contributed by atoms with E-state index in [1.165, 1.54) is 0 Å². The number of piperidine rings is 1. The van der Waals surface area contributed by atoms with Gasteiger partial charge in [-0.05, 0) is 60.9 Å². The van der Waals surface area contributed by atoms with Gasteiger partial charge in [0, 0.05) is 30.5 Å². The van der Waals surface area contributed by atoms with Crippen LogP contribution in [0.2, 0.25) is 0 Å². The SMILES string of the molecule is CC1CCN(c2ccc(NC(=O)C(c3ccccc3)c3ccccc3)cc2C(=O)NC2CC2)CC1. The van der Waals surface area contributed by atoms with E-state index in [2.05, 4.69) is 22.5 Å². The zero-order chi connectivity index (χ0) is 24.2. The Morgan fingerprint density at radius 1 is 0.829 bits per heavy atom. The van der Waals surface area contributed by atoms with Gasteiger partial charge < -0.3 is 15.5 Å². The predicted octanol–water partition coefficient (Wildman–Crippen LogP) is 5.59. The van der Waals surface area contributed by atoms with Crippen molar-refractivity contribution in [2.75, 3.05) is 23.3 Å². The summed E-state index contributed by atoms with van der Waals surface area (Å²) in [7, 11) is 0. The number of rotatable bonds is 7. The third-order valence-corrected chi connectivity index (χ3v) is 7.07. The zero-order valence-electron chi connectivity index (χ0n) is 20.2. The first-order chi connectivity index (χ1) is 17.1. The van der Waals surface area contributed by atoms with Crippen LogP contribution in [0, 0.1) is 5.92 Å². The molecule has 2 N–H and O–H groups in total. The van der Waals surface area contributed by atoms with Crippen molar-refractivity contribution < 1.29 is 9.59 Å². The molecule has 2 aliphatic rings. The molecular formula is C30H33N3O2. The number of nitrogens with zero attached hydrogens (tertiary/aromatic N) is 1. The molecule has 1 aliphatic carbocycles. The molecular weight excluding hydrogens is 434 g/mol. The van der Waals surface area contributed by atoms with Crippen LogP contribution in [0.25, 0.3) is 0 Å². The molecule has 3 aromatic carbocycles. The number of hydrogen-bond donors (Lipinski definition) is 2. The van der Waals surface area contributed by atoms with E-state index >= 15 is 0 Å². The molecule has 0 radical (unpaired) electrons. The maximum Gasteiger partial charge on any atom is 0.253 e. The van der Waals surface area contributed by atoms with E-state index in [1.54, 1.807) is 0 Å². The van der Waals surface area contributed by atoms with Crippen LogP contribution >= 0.6 is 0 Å². The van der Waals surface area contributed by atoms with Crippen molar-refractivity contribution in [2.45, 2.75) is 44.6 Å². The maximum atomic E-state index is 13.6. The molecule has 2 amide bonds. The van der Waals surface area contributed by atoms with Crippen molar-refractivity contribution in [3.63, 3.8) is 0 Å². The van der Waals surface area contributed by atoms with E-state index < -0.39 is 5.92 Å². The highest BCUT2D eigenvalue weighted by Crippen LogP contribution is 2.31. The largest absolute Gasteiger partial charge is 0.371 e. The Balaban J connectivity index is 1.43. The molecule has 5 heteroatoms. The second-order valence-electron chi connectivity index (χ2n) is 9.89. The third kappa shape index (κ3) is 5.56. The van der Waals surface area contributed by atoms with Crippen molar-refractivity contribution in [1.82, 2.24) is 5.32 Å². The van der Waals surface area contributed by atoms with Crippen LogP contribution in [-0.4, -0.2) is 30.9 Å². The number of nitrogens with one attached hydrogen (secondary N) is 2. The van der Waals surface area contributed by atoms with Gasteiger partial charge in [0.15, 0.2) is 0 Å². The lowest BCUT2D eigenvalue weighted by molar-refractivity contribution is -0.116. The van der Waals surface area contributed by atoms with Gasteiger partial charge in [-0.1, -0.05) is 67.6 Å². The van der Waals surface area contributed by atoms with Gasteiger partial charge in [-0.2, -0.15) is 0 Å². The minimum absolute atomic E-state index is 0.0557. The molecule has 180 valence electrons. The Bertz CT molecular complexity index is 1130. The Labute approximate surface area is 207 Å². The average Bonchev–Trinajstić information content (AvgIpc) is 3.70. The van der Waals surface area contributed by atoms with Crippen LogP contribution in [0.3, 0.4) is 0 Å². The molecule has 5 rings (SSSR count). The second-order valence-corrected chi connectivity index (χ2v) is 9.89. The van der Waals surface area contributed by atoms with Crippen LogP contribution < -0.4 is 15.5 Å². The molecule has 0 unspecified atom stereocenters. The molecule has 5 nitrogen and oxygen atoms in total. The van der Waals surface area contributed by atoms with Crippen molar-refractivity contribution in [2.24, 2.45) is 5.92 Å². The maximum absolute atomic E-state index is 13.6. The fourth-order valence-corrected chi connectivity index (χ4v) is 4.81. The third-order valence-electron chi connectivity index (χ3n) is 7.07. The summed E-state index contributed by atoms with van der Waals surface area (Å²) in [5.41, 5.74) is 4.10. The summed E-state index contributed by atoms with van der Waals surface area (Å²) < 4.78 is 0. The van der Waals surface area contributed by atoms with E-state index in [-0.39, 0.29) is 17.9 Å². The van der Waals surface area contributed by atoms with Gasteiger partial charge in [-0.3, -0.25) is 9.59 Å². The summed E-state index contributed by atoms with van der Waals surface area (Å²) in [4.78, 5) is 29.1. The monoisotopic (exact) mass is 467 g/mol. The molecule has 0 aromatic heterocycles. The fourth-order valence-electron chi connectivity index (χ4n) is 4.81. The van der Waals surface area contributed by atoms with Gasteiger partial charge in [-0.25, -0.2) is 0 Å². The zero-order valence-corrected chi connectivity index (χ0v) is 20.2. The molecule has 2 fully saturated rings. The fraction of sp³-hybridized carbons (Fsp3) is 0.333.